The normalized spacial score (nSPS) is 11.0. The Morgan fingerprint density at radius 3 is 1.38 bits per heavy atom. The summed E-state index contributed by atoms with van der Waals surface area (Å²) in [6.45, 7) is 0. The van der Waals surface area contributed by atoms with E-state index in [9.17, 15) is 0 Å². The molecule has 0 radical (unpaired) electrons. The van der Waals surface area contributed by atoms with Crippen LogP contribution in [0.2, 0.25) is 0 Å². The van der Waals surface area contributed by atoms with Crippen LogP contribution in [-0.2, 0) is 0 Å². The van der Waals surface area contributed by atoms with Crippen LogP contribution in [0.4, 0.5) is 17.1 Å². The average Bonchev–Trinajstić information content (AvgIpc) is 3.25. The van der Waals surface area contributed by atoms with E-state index in [-0.39, 0.29) is 0 Å². The van der Waals surface area contributed by atoms with Gasteiger partial charge in [0.25, 0.3) is 0 Å². The van der Waals surface area contributed by atoms with Gasteiger partial charge in [0.1, 0.15) is 0 Å². The minimum Gasteiger partial charge on any atom is -0.309 e. The molecule has 0 saturated heterocycles. The van der Waals surface area contributed by atoms with E-state index >= 15 is 0 Å². The van der Waals surface area contributed by atoms with Crippen molar-refractivity contribution in [3.63, 3.8) is 0 Å². The molecule has 1 nitrogen and oxygen atoms in total. The summed E-state index contributed by atoms with van der Waals surface area (Å²) in [5.74, 6) is 0. The van der Waals surface area contributed by atoms with Crippen molar-refractivity contribution in [3.05, 3.63) is 224 Å². The van der Waals surface area contributed by atoms with E-state index in [2.05, 4.69) is 229 Å². The first-order chi connectivity index (χ1) is 26.3. The van der Waals surface area contributed by atoms with E-state index < -0.39 is 0 Å². The lowest BCUT2D eigenvalue weighted by atomic mass is 9.94. The monoisotopic (exact) mass is 675 g/mol. The molecule has 0 N–H and O–H groups in total. The van der Waals surface area contributed by atoms with Gasteiger partial charge in [-0.15, -0.1) is 0 Å². The SMILES string of the molecule is c1ccc(-c2cccc(-c3cccc(N(c4ccccc4-c4ccccc4)c4ccccc4-c4cccc(-c5cccc6ccccc56)c4)c3)c2)cc1. The van der Waals surface area contributed by atoms with Crippen molar-refractivity contribution in [3.8, 4) is 55.6 Å². The van der Waals surface area contributed by atoms with Crippen molar-refractivity contribution in [1.29, 1.82) is 0 Å². The highest BCUT2D eigenvalue weighted by atomic mass is 15.1. The summed E-state index contributed by atoms with van der Waals surface area (Å²) in [6, 6.07) is 80.9. The minimum absolute atomic E-state index is 1.09. The predicted octanol–water partition coefficient (Wildman–Crippen LogP) is 14.6. The van der Waals surface area contributed by atoms with E-state index in [0.717, 1.165) is 28.2 Å². The van der Waals surface area contributed by atoms with Gasteiger partial charge in [-0.1, -0.05) is 188 Å². The number of hydrogen-bond acceptors (Lipinski definition) is 1. The molecular formula is C52H37N. The summed E-state index contributed by atoms with van der Waals surface area (Å²) >= 11 is 0. The Hall–Kier alpha value is -6.96. The summed E-state index contributed by atoms with van der Waals surface area (Å²) in [6.07, 6.45) is 0. The van der Waals surface area contributed by atoms with Gasteiger partial charge in [0, 0.05) is 16.8 Å². The van der Waals surface area contributed by atoms with E-state index in [1.165, 1.54) is 55.3 Å². The number of anilines is 3. The molecule has 0 aliphatic heterocycles. The van der Waals surface area contributed by atoms with Gasteiger partial charge in [0.2, 0.25) is 0 Å². The first-order valence-corrected chi connectivity index (χ1v) is 18.2. The standard InChI is InChI=1S/C52H37N/c1-3-17-38(18-4-1)41-23-13-24-42(35-41)43-25-15-28-46(37-43)53(51-33-11-9-30-49(51)40-19-5-2-6-20-40)52-34-12-10-31-50(52)45-27-14-26-44(36-45)48-32-16-22-39-21-7-8-29-47(39)48/h1-37H. The quantitative estimate of drug-likeness (QED) is 0.155. The fourth-order valence-corrected chi connectivity index (χ4v) is 7.52. The van der Waals surface area contributed by atoms with Gasteiger partial charge < -0.3 is 4.90 Å². The third-order valence-electron chi connectivity index (χ3n) is 10.1. The van der Waals surface area contributed by atoms with Crippen LogP contribution in [0, 0.1) is 0 Å². The molecule has 9 aromatic carbocycles. The van der Waals surface area contributed by atoms with E-state index in [1.807, 2.05) is 0 Å². The topological polar surface area (TPSA) is 3.24 Å². The molecule has 1 heteroatoms. The van der Waals surface area contributed by atoms with Crippen molar-refractivity contribution in [2.24, 2.45) is 0 Å². The summed E-state index contributed by atoms with van der Waals surface area (Å²) < 4.78 is 0. The number of rotatable bonds is 8. The fourth-order valence-electron chi connectivity index (χ4n) is 7.52. The molecule has 0 bridgehead atoms. The summed E-state index contributed by atoms with van der Waals surface area (Å²) in [5, 5.41) is 2.50. The van der Waals surface area contributed by atoms with E-state index in [0.29, 0.717) is 0 Å². The number of fused-ring (bicyclic) bond motifs is 1. The highest BCUT2D eigenvalue weighted by molar-refractivity contribution is 5.99. The van der Waals surface area contributed by atoms with Gasteiger partial charge in [0.05, 0.1) is 11.4 Å². The van der Waals surface area contributed by atoms with Gasteiger partial charge in [-0.25, -0.2) is 0 Å². The maximum absolute atomic E-state index is 2.44. The van der Waals surface area contributed by atoms with Crippen molar-refractivity contribution >= 4 is 27.8 Å². The molecule has 53 heavy (non-hydrogen) atoms. The summed E-state index contributed by atoms with van der Waals surface area (Å²) in [5.41, 5.74) is 15.2. The van der Waals surface area contributed by atoms with Crippen molar-refractivity contribution in [2.45, 2.75) is 0 Å². The first kappa shape index (κ1) is 32.0. The zero-order valence-corrected chi connectivity index (χ0v) is 29.3. The Bertz CT molecular complexity index is 2670. The zero-order valence-electron chi connectivity index (χ0n) is 29.3. The molecular weight excluding hydrogens is 639 g/mol. The molecule has 0 unspecified atom stereocenters. The van der Waals surface area contributed by atoms with Crippen LogP contribution in [0.5, 0.6) is 0 Å². The Kier molecular flexibility index (Phi) is 8.66. The molecule has 0 atom stereocenters. The lowest BCUT2D eigenvalue weighted by molar-refractivity contribution is 1.28. The highest BCUT2D eigenvalue weighted by Crippen LogP contribution is 2.46. The zero-order chi connectivity index (χ0) is 35.4. The second-order valence-electron chi connectivity index (χ2n) is 13.3. The largest absolute Gasteiger partial charge is 0.309 e. The minimum atomic E-state index is 1.09. The third-order valence-corrected chi connectivity index (χ3v) is 10.1. The Morgan fingerprint density at radius 1 is 0.245 bits per heavy atom. The Labute approximate surface area is 311 Å². The smallest absolute Gasteiger partial charge is 0.0540 e. The second-order valence-corrected chi connectivity index (χ2v) is 13.3. The van der Waals surface area contributed by atoms with Crippen molar-refractivity contribution in [2.75, 3.05) is 4.90 Å². The molecule has 250 valence electrons. The van der Waals surface area contributed by atoms with Crippen LogP contribution in [-0.4, -0.2) is 0 Å². The third kappa shape index (κ3) is 6.42. The number of nitrogens with zero attached hydrogens (tertiary/aromatic N) is 1. The fraction of sp³-hybridized carbons (Fsp3) is 0. The molecule has 0 spiro atoms. The molecule has 0 amide bonds. The maximum atomic E-state index is 2.44. The van der Waals surface area contributed by atoms with E-state index in [4.69, 9.17) is 0 Å². The van der Waals surface area contributed by atoms with Crippen molar-refractivity contribution < 1.29 is 0 Å². The molecule has 0 aliphatic carbocycles. The molecule has 0 saturated carbocycles. The van der Waals surface area contributed by atoms with Gasteiger partial charge in [-0.3, -0.25) is 0 Å². The van der Waals surface area contributed by atoms with Gasteiger partial charge in [-0.05, 0) is 91.7 Å². The van der Waals surface area contributed by atoms with Crippen LogP contribution >= 0.6 is 0 Å². The Morgan fingerprint density at radius 2 is 0.660 bits per heavy atom. The molecule has 9 rings (SSSR count). The molecule has 0 aliphatic rings. The summed E-state index contributed by atoms with van der Waals surface area (Å²) in [7, 11) is 0. The van der Waals surface area contributed by atoms with Crippen molar-refractivity contribution in [1.82, 2.24) is 0 Å². The summed E-state index contributed by atoms with van der Waals surface area (Å²) in [4.78, 5) is 2.44. The highest BCUT2D eigenvalue weighted by Gasteiger charge is 2.21. The lowest BCUT2D eigenvalue weighted by Crippen LogP contribution is -2.12. The maximum Gasteiger partial charge on any atom is 0.0540 e. The van der Waals surface area contributed by atoms with Crippen LogP contribution in [0.3, 0.4) is 0 Å². The number of hydrogen-bond donors (Lipinski definition) is 0. The van der Waals surface area contributed by atoms with Gasteiger partial charge >= 0.3 is 0 Å². The van der Waals surface area contributed by atoms with Crippen LogP contribution in [0.1, 0.15) is 0 Å². The Balaban J connectivity index is 1.22. The lowest BCUT2D eigenvalue weighted by Gasteiger charge is -2.30. The average molecular weight is 676 g/mol. The molecule has 9 aromatic rings. The van der Waals surface area contributed by atoms with E-state index in [1.54, 1.807) is 0 Å². The second kappa shape index (κ2) is 14.3. The number of para-hydroxylation sites is 2. The molecule has 0 fully saturated rings. The van der Waals surface area contributed by atoms with Crippen LogP contribution in [0.25, 0.3) is 66.4 Å². The predicted molar refractivity (Wildman–Crippen MR) is 226 cm³/mol. The number of benzene rings is 9. The van der Waals surface area contributed by atoms with Crippen LogP contribution in [0.15, 0.2) is 224 Å². The van der Waals surface area contributed by atoms with Gasteiger partial charge in [0.15, 0.2) is 0 Å². The van der Waals surface area contributed by atoms with Crippen LogP contribution < -0.4 is 4.90 Å². The van der Waals surface area contributed by atoms with Gasteiger partial charge in [-0.2, -0.15) is 0 Å². The molecule has 0 heterocycles. The first-order valence-electron chi connectivity index (χ1n) is 18.2. The molecule has 0 aromatic heterocycles.